The highest BCUT2D eigenvalue weighted by atomic mass is 32.5. The molecule has 0 rings (SSSR count). The van der Waals surface area contributed by atoms with Gasteiger partial charge in [-0.2, -0.15) is 0 Å². The molecule has 3 N–H and O–H groups in total. The van der Waals surface area contributed by atoms with Gasteiger partial charge in [0.15, 0.2) is 6.49 Å². The Hall–Kier alpha value is 0.0400. The third-order valence-corrected chi connectivity index (χ3v) is 3.04. The van der Waals surface area contributed by atoms with E-state index in [2.05, 4.69) is 11.8 Å². The highest BCUT2D eigenvalue weighted by Gasteiger charge is 2.25. The van der Waals surface area contributed by atoms with Crippen LogP contribution in [0.15, 0.2) is 0 Å². The van der Waals surface area contributed by atoms with Crippen LogP contribution >= 0.6 is 6.49 Å². The lowest BCUT2D eigenvalue weighted by molar-refractivity contribution is -0.136. The van der Waals surface area contributed by atoms with E-state index in [-0.39, 0.29) is 0 Å². The zero-order chi connectivity index (χ0) is 7.65. The summed E-state index contributed by atoms with van der Waals surface area (Å²) >= 11 is 4.13. The molecule has 4 nitrogen and oxygen atoms in total. The molecule has 6 heteroatoms. The van der Waals surface area contributed by atoms with Gasteiger partial charge in [-0.25, -0.2) is 0 Å². The molecule has 0 aliphatic rings. The second-order valence-corrected chi connectivity index (χ2v) is 5.17. The molecular formula is C3H7O4PS. The topological polar surface area (TPSA) is 77.8 Å². The lowest BCUT2D eigenvalue weighted by Crippen LogP contribution is -2.15. The Morgan fingerprint density at radius 2 is 2.00 bits per heavy atom. The molecule has 0 saturated carbocycles. The fourth-order valence-electron chi connectivity index (χ4n) is 0.144. The van der Waals surface area contributed by atoms with Crippen LogP contribution in [0.3, 0.4) is 0 Å². The molecule has 0 spiro atoms. The molecule has 9 heavy (non-hydrogen) atoms. The molecular weight excluding hydrogens is 163 g/mol. The summed E-state index contributed by atoms with van der Waals surface area (Å²) in [4.78, 5) is 27.1. The molecule has 1 unspecified atom stereocenters. The van der Waals surface area contributed by atoms with Crippen LogP contribution < -0.4 is 0 Å². The molecule has 0 saturated heterocycles. The van der Waals surface area contributed by atoms with Crippen molar-refractivity contribution in [3.8, 4) is 0 Å². The van der Waals surface area contributed by atoms with Gasteiger partial charge in [-0.1, -0.05) is 0 Å². The molecule has 0 aliphatic heterocycles. The summed E-state index contributed by atoms with van der Waals surface area (Å²) in [6, 6.07) is 0. The standard InChI is InChI=1S/C3H7O4PS/c1-2(3(4)5)8(6,7)9/h2H,1H3,(H,4,5)(H2,6,7,9). The summed E-state index contributed by atoms with van der Waals surface area (Å²) in [5.41, 5.74) is -1.23. The Morgan fingerprint density at radius 3 is 2.00 bits per heavy atom. The van der Waals surface area contributed by atoms with E-state index in [0.29, 0.717) is 0 Å². The van der Waals surface area contributed by atoms with Crippen molar-refractivity contribution >= 4 is 24.3 Å². The second kappa shape index (κ2) is 2.75. The van der Waals surface area contributed by atoms with Crippen LogP contribution in [-0.4, -0.2) is 26.5 Å². The predicted molar refractivity (Wildman–Crippen MR) is 35.8 cm³/mol. The Morgan fingerprint density at radius 1 is 1.67 bits per heavy atom. The summed E-state index contributed by atoms with van der Waals surface area (Å²) in [6.07, 6.45) is 0. The van der Waals surface area contributed by atoms with Gasteiger partial charge < -0.3 is 14.9 Å². The zero-order valence-electron chi connectivity index (χ0n) is 4.68. The van der Waals surface area contributed by atoms with Gasteiger partial charge in [-0.3, -0.25) is 4.79 Å². The number of carboxylic acids is 1. The monoisotopic (exact) mass is 170 g/mol. The van der Waals surface area contributed by atoms with Crippen LogP contribution in [-0.2, 0) is 16.6 Å². The number of rotatable bonds is 2. The van der Waals surface area contributed by atoms with Crippen molar-refractivity contribution in [1.82, 2.24) is 0 Å². The first-order chi connectivity index (χ1) is 3.85. The SMILES string of the molecule is CC(C(=O)O)P(O)(O)=S. The van der Waals surface area contributed by atoms with Crippen molar-refractivity contribution < 1.29 is 19.7 Å². The number of aliphatic carboxylic acids is 1. The molecule has 0 aromatic rings. The highest BCUT2D eigenvalue weighted by molar-refractivity contribution is 8.09. The van der Waals surface area contributed by atoms with Crippen LogP contribution in [0.4, 0.5) is 0 Å². The van der Waals surface area contributed by atoms with Crippen LogP contribution in [0.2, 0.25) is 0 Å². The van der Waals surface area contributed by atoms with Gasteiger partial charge in [0.05, 0.1) is 0 Å². The summed E-state index contributed by atoms with van der Waals surface area (Å²) in [7, 11) is 0. The van der Waals surface area contributed by atoms with Crippen molar-refractivity contribution in [3.63, 3.8) is 0 Å². The molecule has 0 aromatic carbocycles. The molecule has 0 fully saturated rings. The largest absolute Gasteiger partial charge is 0.481 e. The van der Waals surface area contributed by atoms with E-state index in [9.17, 15) is 4.79 Å². The number of carboxylic acid groups (broad SMARTS) is 1. The van der Waals surface area contributed by atoms with Gasteiger partial charge in [-0.15, -0.1) is 0 Å². The van der Waals surface area contributed by atoms with Crippen LogP contribution in [0.5, 0.6) is 0 Å². The first-order valence-electron chi connectivity index (χ1n) is 2.13. The minimum absolute atomic E-state index is 1.17. The van der Waals surface area contributed by atoms with E-state index in [1.54, 1.807) is 0 Å². The number of carbonyl (C=O) groups is 1. The average molecular weight is 170 g/mol. The van der Waals surface area contributed by atoms with Gasteiger partial charge in [0.1, 0.15) is 5.66 Å². The van der Waals surface area contributed by atoms with Crippen LogP contribution in [0.1, 0.15) is 6.92 Å². The molecule has 0 amide bonds. The maximum absolute atomic E-state index is 9.99. The lowest BCUT2D eigenvalue weighted by Gasteiger charge is -2.10. The van der Waals surface area contributed by atoms with Crippen molar-refractivity contribution in [2.45, 2.75) is 12.6 Å². The Kier molecular flexibility index (Phi) is 2.76. The molecule has 0 radical (unpaired) electrons. The fourth-order valence-corrected chi connectivity index (χ4v) is 0.702. The molecule has 54 valence electrons. The van der Waals surface area contributed by atoms with Crippen LogP contribution in [0.25, 0.3) is 0 Å². The quantitative estimate of drug-likeness (QED) is 0.498. The Labute approximate surface area is 57.3 Å². The van der Waals surface area contributed by atoms with E-state index < -0.39 is 18.1 Å². The lowest BCUT2D eigenvalue weighted by atomic mass is 10.5. The minimum Gasteiger partial charge on any atom is -0.481 e. The zero-order valence-corrected chi connectivity index (χ0v) is 6.39. The maximum Gasteiger partial charge on any atom is 0.315 e. The van der Waals surface area contributed by atoms with E-state index in [4.69, 9.17) is 14.9 Å². The Bertz CT molecular complexity index is 161. The minimum atomic E-state index is -3.58. The first-order valence-corrected chi connectivity index (χ1v) is 4.91. The smallest absolute Gasteiger partial charge is 0.315 e. The summed E-state index contributed by atoms with van der Waals surface area (Å²) in [6.45, 7) is -2.41. The van der Waals surface area contributed by atoms with Gasteiger partial charge >= 0.3 is 5.97 Å². The number of hydrogen-bond donors (Lipinski definition) is 3. The summed E-state index contributed by atoms with van der Waals surface area (Å²) in [5.74, 6) is -1.27. The second-order valence-electron chi connectivity index (χ2n) is 1.60. The first kappa shape index (κ1) is 9.04. The van der Waals surface area contributed by atoms with Gasteiger partial charge in [-0.05, 0) is 18.7 Å². The molecule has 0 bridgehead atoms. The van der Waals surface area contributed by atoms with E-state index in [1.807, 2.05) is 0 Å². The van der Waals surface area contributed by atoms with Gasteiger partial charge in [0, 0.05) is 0 Å². The van der Waals surface area contributed by atoms with Crippen molar-refractivity contribution in [2.75, 3.05) is 0 Å². The third kappa shape index (κ3) is 2.91. The van der Waals surface area contributed by atoms with Gasteiger partial charge in [0.2, 0.25) is 0 Å². The fraction of sp³-hybridized carbons (Fsp3) is 0.667. The van der Waals surface area contributed by atoms with Gasteiger partial charge in [0.25, 0.3) is 0 Å². The van der Waals surface area contributed by atoms with Crippen LogP contribution in [0, 0.1) is 0 Å². The summed E-state index contributed by atoms with van der Waals surface area (Å²) in [5, 5.41) is 8.16. The highest BCUT2D eigenvalue weighted by Crippen LogP contribution is 2.41. The van der Waals surface area contributed by atoms with Crippen molar-refractivity contribution in [3.05, 3.63) is 0 Å². The molecule has 0 aliphatic carbocycles. The molecule has 0 aromatic heterocycles. The Balaban J connectivity index is 4.23. The number of hydrogen-bond acceptors (Lipinski definition) is 2. The predicted octanol–water partition coefficient (Wildman–Crippen LogP) is -0.246. The molecule has 0 heterocycles. The van der Waals surface area contributed by atoms with Crippen molar-refractivity contribution in [1.29, 1.82) is 0 Å². The van der Waals surface area contributed by atoms with E-state index in [1.165, 1.54) is 6.92 Å². The summed E-state index contributed by atoms with van der Waals surface area (Å²) < 4.78 is 0. The normalized spacial score (nSPS) is 15.0. The van der Waals surface area contributed by atoms with Crippen molar-refractivity contribution in [2.24, 2.45) is 0 Å². The third-order valence-electron chi connectivity index (χ3n) is 0.862. The van der Waals surface area contributed by atoms with E-state index >= 15 is 0 Å². The molecule has 1 atom stereocenters. The van der Waals surface area contributed by atoms with E-state index in [0.717, 1.165) is 0 Å². The maximum atomic E-state index is 9.99. The average Bonchev–Trinajstić information content (AvgIpc) is 1.62.